The van der Waals surface area contributed by atoms with Crippen LogP contribution >= 0.6 is 0 Å². The van der Waals surface area contributed by atoms with Gasteiger partial charge in [-0.25, -0.2) is 4.98 Å². The minimum atomic E-state index is -0.196. The third-order valence-corrected chi connectivity index (χ3v) is 6.54. The maximum Gasteiger partial charge on any atom is 0.257 e. The summed E-state index contributed by atoms with van der Waals surface area (Å²) in [6.07, 6.45) is 0.498. The molecule has 0 saturated heterocycles. The van der Waals surface area contributed by atoms with E-state index in [2.05, 4.69) is 5.32 Å². The number of benzene rings is 3. The molecule has 0 saturated carbocycles. The number of hydrogen-bond acceptors (Lipinski definition) is 4. The number of fused-ring (bicyclic) bond motifs is 1. The quantitative estimate of drug-likeness (QED) is 0.312. The van der Waals surface area contributed by atoms with Crippen LogP contribution in [-0.4, -0.2) is 45.5 Å². The third-order valence-electron chi connectivity index (χ3n) is 6.54. The number of para-hydroxylation sites is 2. The molecule has 2 amide bonds. The van der Waals surface area contributed by atoms with Crippen LogP contribution in [0, 0.1) is 13.8 Å². The third kappa shape index (κ3) is 6.79. The van der Waals surface area contributed by atoms with E-state index in [1.807, 2.05) is 110 Å². The summed E-state index contributed by atoms with van der Waals surface area (Å²) in [4.78, 5) is 32.6. The van der Waals surface area contributed by atoms with Crippen LogP contribution in [0.2, 0.25) is 0 Å². The Labute approximate surface area is 224 Å². The van der Waals surface area contributed by atoms with Crippen LogP contribution in [-0.2, 0) is 29.1 Å². The summed E-state index contributed by atoms with van der Waals surface area (Å²) in [6.45, 7) is 9.09. The van der Waals surface area contributed by atoms with Gasteiger partial charge in [-0.15, -0.1) is 0 Å². The number of ether oxygens (including phenoxy) is 1. The van der Waals surface area contributed by atoms with Gasteiger partial charge >= 0.3 is 0 Å². The van der Waals surface area contributed by atoms with E-state index in [0.29, 0.717) is 25.3 Å². The van der Waals surface area contributed by atoms with E-state index in [4.69, 9.17) is 9.72 Å². The number of amides is 2. The Morgan fingerprint density at radius 3 is 2.50 bits per heavy atom. The molecule has 7 nitrogen and oxygen atoms in total. The summed E-state index contributed by atoms with van der Waals surface area (Å²) >= 11 is 0. The van der Waals surface area contributed by atoms with Gasteiger partial charge in [-0.05, 0) is 62.6 Å². The van der Waals surface area contributed by atoms with Gasteiger partial charge in [-0.2, -0.15) is 0 Å². The SMILES string of the molecule is Cc1ccc(C)c(OCC(=O)NCCc2nc3ccccc3n2CC(=O)N(Cc2ccccc2)C(C)C)c1. The van der Waals surface area contributed by atoms with Crippen LogP contribution in [0.3, 0.4) is 0 Å². The largest absolute Gasteiger partial charge is 0.483 e. The van der Waals surface area contributed by atoms with Crippen LogP contribution in [0.1, 0.15) is 36.4 Å². The zero-order chi connectivity index (χ0) is 27.1. The summed E-state index contributed by atoms with van der Waals surface area (Å²) in [5.74, 6) is 1.31. The topological polar surface area (TPSA) is 76.5 Å². The minimum absolute atomic E-state index is 0.0271. The lowest BCUT2D eigenvalue weighted by atomic mass is 10.1. The predicted octanol–water partition coefficient (Wildman–Crippen LogP) is 4.83. The standard InChI is InChI=1S/C31H36N4O3/c1-22(2)34(19-25-10-6-5-7-11-25)31(37)20-35-27-13-9-8-12-26(27)33-29(35)16-17-32-30(36)21-38-28-18-23(3)14-15-24(28)4/h5-15,18,22H,16-17,19-21H2,1-4H3,(H,32,36). The molecule has 0 fully saturated rings. The Kier molecular flexibility index (Phi) is 8.79. The van der Waals surface area contributed by atoms with E-state index < -0.39 is 0 Å². The first-order chi connectivity index (χ1) is 18.3. The number of carbonyl (C=O) groups is 2. The molecule has 4 aromatic rings. The van der Waals surface area contributed by atoms with Crippen LogP contribution in [0.15, 0.2) is 72.8 Å². The summed E-state index contributed by atoms with van der Waals surface area (Å²) in [5, 5.41) is 2.92. The lowest BCUT2D eigenvalue weighted by Crippen LogP contribution is -2.39. The van der Waals surface area contributed by atoms with Gasteiger partial charge in [0, 0.05) is 25.6 Å². The number of hydrogen-bond donors (Lipinski definition) is 1. The highest BCUT2D eigenvalue weighted by Crippen LogP contribution is 2.20. The van der Waals surface area contributed by atoms with Crippen LogP contribution < -0.4 is 10.1 Å². The number of rotatable bonds is 11. The van der Waals surface area contributed by atoms with Gasteiger partial charge in [0.1, 0.15) is 18.1 Å². The normalized spacial score (nSPS) is 11.1. The van der Waals surface area contributed by atoms with Gasteiger partial charge in [0.2, 0.25) is 5.91 Å². The number of imidazole rings is 1. The lowest BCUT2D eigenvalue weighted by molar-refractivity contribution is -0.134. The van der Waals surface area contributed by atoms with Crippen LogP contribution in [0.5, 0.6) is 5.75 Å². The van der Waals surface area contributed by atoms with Crippen molar-refractivity contribution in [3.05, 3.63) is 95.3 Å². The number of nitrogens with one attached hydrogen (secondary N) is 1. The van der Waals surface area contributed by atoms with Gasteiger partial charge in [-0.1, -0.05) is 54.6 Å². The molecule has 0 aliphatic heterocycles. The lowest BCUT2D eigenvalue weighted by Gasteiger charge is -2.27. The minimum Gasteiger partial charge on any atom is -0.483 e. The zero-order valence-corrected chi connectivity index (χ0v) is 22.6. The van der Waals surface area contributed by atoms with E-state index in [9.17, 15) is 9.59 Å². The molecule has 0 aliphatic carbocycles. The van der Waals surface area contributed by atoms with E-state index in [0.717, 1.165) is 33.5 Å². The zero-order valence-electron chi connectivity index (χ0n) is 22.6. The second-order valence-electron chi connectivity index (χ2n) is 9.86. The first kappa shape index (κ1) is 26.9. The second kappa shape index (κ2) is 12.4. The molecular weight excluding hydrogens is 476 g/mol. The van der Waals surface area contributed by atoms with E-state index in [1.165, 1.54) is 0 Å². The fourth-order valence-electron chi connectivity index (χ4n) is 4.43. The van der Waals surface area contributed by atoms with Crippen molar-refractivity contribution in [2.24, 2.45) is 0 Å². The van der Waals surface area contributed by atoms with E-state index >= 15 is 0 Å². The van der Waals surface area contributed by atoms with Crippen molar-refractivity contribution in [3.63, 3.8) is 0 Å². The Bertz CT molecular complexity index is 1400. The molecule has 1 aromatic heterocycles. The molecule has 0 bridgehead atoms. The van der Waals surface area contributed by atoms with Crippen molar-refractivity contribution in [2.45, 2.75) is 53.2 Å². The average Bonchev–Trinajstić information content (AvgIpc) is 3.25. The van der Waals surface area contributed by atoms with Crippen molar-refractivity contribution in [2.75, 3.05) is 13.2 Å². The number of aryl methyl sites for hydroxylation is 2. The molecule has 1 N–H and O–H groups in total. The van der Waals surface area contributed by atoms with Crippen molar-refractivity contribution in [3.8, 4) is 5.75 Å². The van der Waals surface area contributed by atoms with Gasteiger partial charge < -0.3 is 19.5 Å². The summed E-state index contributed by atoms with van der Waals surface area (Å²) in [5.41, 5.74) is 4.91. The molecule has 38 heavy (non-hydrogen) atoms. The van der Waals surface area contributed by atoms with Crippen molar-refractivity contribution in [1.82, 2.24) is 19.8 Å². The molecule has 3 aromatic carbocycles. The molecule has 0 spiro atoms. The molecule has 0 atom stereocenters. The first-order valence-electron chi connectivity index (χ1n) is 13.1. The summed E-state index contributed by atoms with van der Waals surface area (Å²) in [7, 11) is 0. The molecule has 7 heteroatoms. The highest BCUT2D eigenvalue weighted by atomic mass is 16.5. The van der Waals surface area contributed by atoms with Gasteiger partial charge in [0.15, 0.2) is 6.61 Å². The van der Waals surface area contributed by atoms with E-state index in [-0.39, 0.29) is 31.0 Å². The van der Waals surface area contributed by atoms with Crippen molar-refractivity contribution in [1.29, 1.82) is 0 Å². The van der Waals surface area contributed by atoms with Gasteiger partial charge in [-0.3, -0.25) is 9.59 Å². The average molecular weight is 513 g/mol. The Balaban J connectivity index is 1.42. The molecule has 4 rings (SSSR count). The van der Waals surface area contributed by atoms with Crippen LogP contribution in [0.4, 0.5) is 0 Å². The van der Waals surface area contributed by atoms with Crippen molar-refractivity contribution < 1.29 is 14.3 Å². The molecule has 0 radical (unpaired) electrons. The number of carbonyl (C=O) groups excluding carboxylic acids is 2. The highest BCUT2D eigenvalue weighted by Gasteiger charge is 2.21. The first-order valence-corrected chi connectivity index (χ1v) is 13.1. The van der Waals surface area contributed by atoms with Gasteiger partial charge in [0.05, 0.1) is 11.0 Å². The Morgan fingerprint density at radius 1 is 1.00 bits per heavy atom. The van der Waals surface area contributed by atoms with E-state index in [1.54, 1.807) is 0 Å². The monoisotopic (exact) mass is 512 g/mol. The maximum absolute atomic E-state index is 13.5. The smallest absolute Gasteiger partial charge is 0.257 e. The molecule has 198 valence electrons. The maximum atomic E-state index is 13.5. The van der Waals surface area contributed by atoms with Gasteiger partial charge in [0.25, 0.3) is 5.91 Å². The summed E-state index contributed by atoms with van der Waals surface area (Å²) in [6, 6.07) is 23.8. The Morgan fingerprint density at radius 2 is 1.74 bits per heavy atom. The molecule has 1 heterocycles. The highest BCUT2D eigenvalue weighted by molar-refractivity contribution is 5.81. The number of nitrogens with zero attached hydrogens (tertiary/aromatic N) is 3. The molecular formula is C31H36N4O3. The fourth-order valence-corrected chi connectivity index (χ4v) is 4.43. The van der Waals surface area contributed by atoms with Crippen molar-refractivity contribution >= 4 is 22.8 Å². The Hall–Kier alpha value is -4.13. The summed E-state index contributed by atoms with van der Waals surface area (Å²) < 4.78 is 7.69. The fraction of sp³-hybridized carbons (Fsp3) is 0.323. The van der Waals surface area contributed by atoms with Crippen LogP contribution in [0.25, 0.3) is 11.0 Å². The number of aromatic nitrogens is 2. The molecule has 0 unspecified atom stereocenters. The predicted molar refractivity (Wildman–Crippen MR) is 150 cm³/mol. The molecule has 0 aliphatic rings. The second-order valence-corrected chi connectivity index (χ2v) is 9.86.